The number of pyridine rings is 1. The summed E-state index contributed by atoms with van der Waals surface area (Å²) in [5, 5.41) is 4.31. The lowest BCUT2D eigenvalue weighted by atomic mass is 9.72. The average Bonchev–Trinajstić information content (AvgIpc) is 2.33. The number of nitrogens with zero attached hydrogens (tertiary/aromatic N) is 2. The molecule has 1 aliphatic rings. The van der Waals surface area contributed by atoms with Crippen LogP contribution in [-0.4, -0.2) is 10.7 Å². The molecule has 0 saturated heterocycles. The number of anilines is 1. The Kier molecular flexibility index (Phi) is 4.25. The van der Waals surface area contributed by atoms with Gasteiger partial charge in [-0.25, -0.2) is 4.98 Å². The zero-order chi connectivity index (χ0) is 15.7. The average molecular weight is 299 g/mol. The van der Waals surface area contributed by atoms with Gasteiger partial charge in [0, 0.05) is 11.9 Å². The molecule has 3 nitrogen and oxygen atoms in total. The minimum atomic E-state index is -4.36. The molecule has 0 radical (unpaired) electrons. The first kappa shape index (κ1) is 15.8. The molecule has 21 heavy (non-hydrogen) atoms. The van der Waals surface area contributed by atoms with E-state index in [1.807, 2.05) is 0 Å². The maximum absolute atomic E-state index is 12.4. The molecule has 1 heterocycles. The number of hydrogen-bond acceptors (Lipinski definition) is 3. The molecule has 0 aliphatic heterocycles. The minimum Gasteiger partial charge on any atom is -0.261 e. The molecule has 1 aromatic heterocycles. The molecule has 0 spiro atoms. The number of halogens is 3. The summed E-state index contributed by atoms with van der Waals surface area (Å²) in [6, 6.07) is 2.30. The van der Waals surface area contributed by atoms with Crippen molar-refractivity contribution in [2.45, 2.75) is 46.2 Å². The van der Waals surface area contributed by atoms with Crippen LogP contribution < -0.4 is 5.43 Å². The topological polar surface area (TPSA) is 37.3 Å². The summed E-state index contributed by atoms with van der Waals surface area (Å²) in [4.78, 5) is 3.75. The largest absolute Gasteiger partial charge is 0.417 e. The minimum absolute atomic E-state index is 0.214. The predicted octanol–water partition coefficient (Wildman–Crippen LogP) is 4.71. The molecule has 1 aliphatic carbocycles. The van der Waals surface area contributed by atoms with Crippen molar-refractivity contribution in [3.8, 4) is 0 Å². The first-order valence-corrected chi connectivity index (χ1v) is 7.00. The normalized spacial score (nSPS) is 24.1. The van der Waals surface area contributed by atoms with Crippen molar-refractivity contribution in [1.29, 1.82) is 0 Å². The highest BCUT2D eigenvalue weighted by molar-refractivity contribution is 5.86. The molecule has 116 valence electrons. The molecule has 1 N–H and O–H groups in total. The Morgan fingerprint density at radius 3 is 2.57 bits per heavy atom. The zero-order valence-corrected chi connectivity index (χ0v) is 12.5. The van der Waals surface area contributed by atoms with Crippen LogP contribution in [-0.2, 0) is 6.18 Å². The van der Waals surface area contributed by atoms with Crippen LogP contribution in [0.15, 0.2) is 23.4 Å². The lowest BCUT2D eigenvalue weighted by Crippen LogP contribution is -2.28. The Morgan fingerprint density at radius 1 is 1.33 bits per heavy atom. The van der Waals surface area contributed by atoms with E-state index in [1.54, 1.807) is 0 Å². The summed E-state index contributed by atoms with van der Waals surface area (Å²) in [6.07, 6.45) is -0.581. The third kappa shape index (κ3) is 4.44. The Morgan fingerprint density at radius 2 is 2.05 bits per heavy atom. The third-order valence-corrected chi connectivity index (χ3v) is 3.59. The number of hydrogen-bond donors (Lipinski definition) is 1. The van der Waals surface area contributed by atoms with Gasteiger partial charge in [0.2, 0.25) is 0 Å². The fourth-order valence-corrected chi connectivity index (χ4v) is 2.96. The van der Waals surface area contributed by atoms with Crippen LogP contribution in [0.4, 0.5) is 19.0 Å². The zero-order valence-electron chi connectivity index (χ0n) is 12.5. The lowest BCUT2D eigenvalue weighted by molar-refractivity contribution is -0.137. The van der Waals surface area contributed by atoms with E-state index < -0.39 is 11.7 Å². The smallest absolute Gasteiger partial charge is 0.261 e. The predicted molar refractivity (Wildman–Crippen MR) is 77.1 cm³/mol. The van der Waals surface area contributed by atoms with Crippen molar-refractivity contribution >= 4 is 11.5 Å². The highest BCUT2D eigenvalue weighted by Crippen LogP contribution is 2.37. The summed E-state index contributed by atoms with van der Waals surface area (Å²) in [7, 11) is 0. The van der Waals surface area contributed by atoms with Crippen LogP contribution in [0.1, 0.15) is 45.6 Å². The van der Waals surface area contributed by atoms with E-state index in [9.17, 15) is 13.2 Å². The first-order valence-electron chi connectivity index (χ1n) is 7.00. The summed E-state index contributed by atoms with van der Waals surface area (Å²) >= 11 is 0. The van der Waals surface area contributed by atoms with Crippen LogP contribution in [0, 0.1) is 11.3 Å². The summed E-state index contributed by atoms with van der Waals surface area (Å²) < 4.78 is 37.3. The Balaban J connectivity index is 2.03. The van der Waals surface area contributed by atoms with E-state index in [1.165, 1.54) is 6.07 Å². The number of aromatic nitrogens is 1. The molecular weight excluding hydrogens is 279 g/mol. The molecule has 1 saturated carbocycles. The summed E-state index contributed by atoms with van der Waals surface area (Å²) in [5.74, 6) is 0.890. The van der Waals surface area contributed by atoms with Gasteiger partial charge in [0.05, 0.1) is 5.56 Å². The van der Waals surface area contributed by atoms with Crippen molar-refractivity contribution in [2.75, 3.05) is 5.43 Å². The van der Waals surface area contributed by atoms with Gasteiger partial charge >= 0.3 is 6.18 Å². The van der Waals surface area contributed by atoms with E-state index in [0.29, 0.717) is 11.7 Å². The molecule has 6 heteroatoms. The van der Waals surface area contributed by atoms with Crippen molar-refractivity contribution < 1.29 is 13.2 Å². The molecular formula is C15H20F3N3. The second kappa shape index (κ2) is 5.66. The Hall–Kier alpha value is -1.59. The van der Waals surface area contributed by atoms with Crippen molar-refractivity contribution in [2.24, 2.45) is 16.4 Å². The number of alkyl halides is 3. The SMILES string of the molecule is C[C@H]1C/C(=N/Nc2ccc(C(F)(F)F)cn2)CC(C)(C)C1. The molecule has 0 amide bonds. The van der Waals surface area contributed by atoms with E-state index in [0.717, 1.165) is 37.2 Å². The van der Waals surface area contributed by atoms with Crippen LogP contribution in [0.25, 0.3) is 0 Å². The van der Waals surface area contributed by atoms with Gasteiger partial charge in [-0.3, -0.25) is 5.43 Å². The molecule has 1 fully saturated rings. The third-order valence-electron chi connectivity index (χ3n) is 3.59. The van der Waals surface area contributed by atoms with Gasteiger partial charge in [-0.1, -0.05) is 20.8 Å². The van der Waals surface area contributed by atoms with Crippen molar-refractivity contribution in [1.82, 2.24) is 4.98 Å². The molecule has 0 unspecified atom stereocenters. The van der Waals surface area contributed by atoms with Crippen LogP contribution in [0.3, 0.4) is 0 Å². The van der Waals surface area contributed by atoms with Gasteiger partial charge in [0.15, 0.2) is 0 Å². The monoisotopic (exact) mass is 299 g/mol. The second-order valence-corrected chi connectivity index (χ2v) is 6.57. The molecule has 0 bridgehead atoms. The van der Waals surface area contributed by atoms with Crippen LogP contribution in [0.5, 0.6) is 0 Å². The van der Waals surface area contributed by atoms with E-state index in [4.69, 9.17) is 0 Å². The maximum Gasteiger partial charge on any atom is 0.417 e. The molecule has 2 rings (SSSR count). The van der Waals surface area contributed by atoms with Crippen molar-refractivity contribution in [3.05, 3.63) is 23.9 Å². The fourth-order valence-electron chi connectivity index (χ4n) is 2.96. The van der Waals surface area contributed by atoms with Gasteiger partial charge < -0.3 is 0 Å². The molecule has 1 atom stereocenters. The lowest BCUT2D eigenvalue weighted by Gasteiger charge is -2.34. The van der Waals surface area contributed by atoms with Gasteiger partial charge in [0.25, 0.3) is 0 Å². The standard InChI is InChI=1S/C15H20F3N3/c1-10-6-12(8-14(2,3)7-10)20-21-13-5-4-11(9-19-13)15(16,17)18/h4-5,9-10H,6-8H2,1-3H3,(H,19,21)/b20-12-/t10-/m0/s1. The molecule has 1 aromatic rings. The number of nitrogens with one attached hydrogen (secondary N) is 1. The maximum atomic E-state index is 12.4. The van der Waals surface area contributed by atoms with Gasteiger partial charge in [-0.2, -0.15) is 18.3 Å². The summed E-state index contributed by atoms with van der Waals surface area (Å²) in [6.45, 7) is 6.59. The quantitative estimate of drug-likeness (QED) is 0.803. The van der Waals surface area contributed by atoms with Crippen LogP contribution in [0.2, 0.25) is 0 Å². The van der Waals surface area contributed by atoms with E-state index in [-0.39, 0.29) is 5.41 Å². The highest BCUT2D eigenvalue weighted by Gasteiger charge is 2.31. The number of hydrazone groups is 1. The van der Waals surface area contributed by atoms with Gasteiger partial charge in [0.1, 0.15) is 5.82 Å². The second-order valence-electron chi connectivity index (χ2n) is 6.57. The van der Waals surface area contributed by atoms with E-state index in [2.05, 4.69) is 36.3 Å². The Bertz CT molecular complexity index is 518. The van der Waals surface area contributed by atoms with Crippen molar-refractivity contribution in [3.63, 3.8) is 0 Å². The Labute approximate surface area is 122 Å². The van der Waals surface area contributed by atoms with E-state index >= 15 is 0 Å². The first-order chi connectivity index (χ1) is 9.66. The van der Waals surface area contributed by atoms with Gasteiger partial charge in [-0.15, -0.1) is 0 Å². The highest BCUT2D eigenvalue weighted by atomic mass is 19.4. The molecule has 0 aromatic carbocycles. The fraction of sp³-hybridized carbons (Fsp3) is 0.600. The number of rotatable bonds is 2. The summed E-state index contributed by atoms with van der Waals surface area (Å²) in [5.41, 5.74) is 3.26. The van der Waals surface area contributed by atoms with Gasteiger partial charge in [-0.05, 0) is 42.7 Å². The van der Waals surface area contributed by atoms with Crippen LogP contribution >= 0.6 is 0 Å².